The van der Waals surface area contributed by atoms with E-state index in [-0.39, 0.29) is 24.9 Å². The van der Waals surface area contributed by atoms with E-state index in [1.165, 1.54) is 0 Å². The number of hydrogen-bond acceptors (Lipinski definition) is 4. The van der Waals surface area contributed by atoms with Crippen molar-refractivity contribution in [2.75, 3.05) is 53.0 Å². The second kappa shape index (κ2) is 9.47. The molecule has 2 saturated heterocycles. The molecule has 0 N–H and O–H groups in total. The fourth-order valence-corrected chi connectivity index (χ4v) is 3.74. The minimum Gasteiger partial charge on any atom is -0.375 e. The van der Waals surface area contributed by atoms with Crippen LogP contribution in [0.25, 0.3) is 0 Å². The second-order valence-electron chi connectivity index (χ2n) is 9.80. The highest BCUT2D eigenvalue weighted by molar-refractivity contribution is 4.89. The van der Waals surface area contributed by atoms with E-state index < -0.39 is 11.3 Å². The van der Waals surface area contributed by atoms with Crippen molar-refractivity contribution in [3.63, 3.8) is 0 Å². The molecule has 0 aromatic heterocycles. The lowest BCUT2D eigenvalue weighted by atomic mass is 9.94. The topological polar surface area (TPSA) is 24.9 Å². The zero-order chi connectivity index (χ0) is 20.1. The number of halogens is 2. The van der Waals surface area contributed by atoms with Gasteiger partial charge in [-0.2, -0.15) is 0 Å². The highest BCUT2D eigenvalue weighted by Gasteiger charge is 2.37. The third kappa shape index (κ3) is 8.30. The van der Waals surface area contributed by atoms with Crippen molar-refractivity contribution < 1.29 is 18.3 Å². The highest BCUT2D eigenvalue weighted by Crippen LogP contribution is 2.29. The van der Waals surface area contributed by atoms with Gasteiger partial charge in [0, 0.05) is 26.2 Å². The van der Waals surface area contributed by atoms with E-state index in [1.807, 2.05) is 34.7 Å². The maximum absolute atomic E-state index is 15.1. The largest absolute Gasteiger partial charge is 0.375 e. The first-order chi connectivity index (χ1) is 12.5. The summed E-state index contributed by atoms with van der Waals surface area (Å²) in [5, 5.41) is 0. The zero-order valence-corrected chi connectivity index (χ0v) is 18.0. The number of rotatable bonds is 8. The molecular formula is C21H40F2N2O2. The van der Waals surface area contributed by atoms with Gasteiger partial charge in [0.05, 0.1) is 24.9 Å². The monoisotopic (exact) mass is 390 g/mol. The number of hydrogen-bond donors (Lipinski definition) is 0. The van der Waals surface area contributed by atoms with Crippen LogP contribution >= 0.6 is 0 Å². The molecule has 0 aliphatic carbocycles. The molecule has 0 spiro atoms. The third-order valence-corrected chi connectivity index (χ3v) is 5.73. The van der Waals surface area contributed by atoms with Crippen LogP contribution in [0.1, 0.15) is 59.8 Å². The molecule has 2 atom stereocenters. The van der Waals surface area contributed by atoms with Crippen LogP contribution in [-0.2, 0) is 9.47 Å². The Morgan fingerprint density at radius 3 is 2.30 bits per heavy atom. The third-order valence-electron chi connectivity index (χ3n) is 5.73. The predicted molar refractivity (Wildman–Crippen MR) is 106 cm³/mol. The first-order valence-electron chi connectivity index (χ1n) is 10.5. The Bertz CT molecular complexity index is 450. The van der Waals surface area contributed by atoms with Crippen LogP contribution in [0.3, 0.4) is 0 Å². The molecule has 6 heteroatoms. The van der Waals surface area contributed by atoms with Crippen molar-refractivity contribution in [3.05, 3.63) is 0 Å². The maximum atomic E-state index is 15.1. The van der Waals surface area contributed by atoms with E-state index in [9.17, 15) is 4.39 Å². The Labute approximate surface area is 164 Å². The van der Waals surface area contributed by atoms with Crippen LogP contribution in [0.15, 0.2) is 0 Å². The Morgan fingerprint density at radius 1 is 1.00 bits per heavy atom. The summed E-state index contributed by atoms with van der Waals surface area (Å²) in [6, 6.07) is 0. The SMILES string of the molecule is CC(CCN1CCC[C@](F)(COC(C)(C)C)C1)OCC1(F)CCN(C)CC1. The van der Waals surface area contributed by atoms with Gasteiger partial charge in [0.2, 0.25) is 0 Å². The number of nitrogens with zero attached hydrogens (tertiary/aromatic N) is 2. The Kier molecular flexibility index (Phi) is 8.06. The molecule has 27 heavy (non-hydrogen) atoms. The minimum absolute atomic E-state index is 0.0148. The van der Waals surface area contributed by atoms with E-state index in [4.69, 9.17) is 9.47 Å². The average molecular weight is 391 g/mol. The summed E-state index contributed by atoms with van der Waals surface area (Å²) in [6.07, 6.45) is 3.27. The Morgan fingerprint density at radius 2 is 1.67 bits per heavy atom. The molecule has 2 heterocycles. The molecule has 0 amide bonds. The van der Waals surface area contributed by atoms with Gasteiger partial charge in [0.1, 0.15) is 11.3 Å². The number of alkyl halides is 2. The summed E-state index contributed by atoms with van der Waals surface area (Å²) in [4.78, 5) is 4.32. The van der Waals surface area contributed by atoms with E-state index >= 15 is 4.39 Å². The van der Waals surface area contributed by atoms with E-state index in [1.54, 1.807) is 0 Å². The number of likely N-dealkylation sites (tertiary alicyclic amines) is 2. The molecule has 0 aromatic rings. The van der Waals surface area contributed by atoms with Gasteiger partial charge in [-0.25, -0.2) is 8.78 Å². The standard InChI is InChI=1S/C21H40F2N2O2/c1-18(26-16-20(22)9-13-24(5)14-10-20)7-12-25-11-6-8-21(23,15-25)17-27-19(2,3)4/h18H,6-17H2,1-5H3/t18?,21-/m1/s1. The van der Waals surface area contributed by atoms with Crippen molar-refractivity contribution in [1.82, 2.24) is 9.80 Å². The molecule has 0 bridgehead atoms. The normalized spacial score (nSPS) is 29.0. The molecule has 160 valence electrons. The maximum Gasteiger partial charge on any atom is 0.146 e. The lowest BCUT2D eigenvalue weighted by Crippen LogP contribution is -2.49. The Balaban J connectivity index is 1.69. The quantitative estimate of drug-likeness (QED) is 0.629. The summed E-state index contributed by atoms with van der Waals surface area (Å²) in [7, 11) is 2.03. The first kappa shape index (κ1) is 23.0. The van der Waals surface area contributed by atoms with Gasteiger partial charge in [-0.05, 0) is 73.4 Å². The molecule has 0 aromatic carbocycles. The molecule has 1 unspecified atom stereocenters. The van der Waals surface area contributed by atoms with E-state index in [0.29, 0.717) is 25.8 Å². The van der Waals surface area contributed by atoms with Crippen LogP contribution in [0.2, 0.25) is 0 Å². The van der Waals surface area contributed by atoms with Gasteiger partial charge in [-0.15, -0.1) is 0 Å². The van der Waals surface area contributed by atoms with Gasteiger partial charge in [-0.1, -0.05) is 0 Å². The van der Waals surface area contributed by atoms with Gasteiger partial charge in [0.15, 0.2) is 0 Å². The van der Waals surface area contributed by atoms with E-state index in [2.05, 4.69) is 9.80 Å². The van der Waals surface area contributed by atoms with Crippen molar-refractivity contribution in [2.45, 2.75) is 82.8 Å². The summed E-state index contributed by atoms with van der Waals surface area (Å²) in [6.45, 7) is 11.9. The summed E-state index contributed by atoms with van der Waals surface area (Å²) in [5.74, 6) is 0. The highest BCUT2D eigenvalue weighted by atomic mass is 19.1. The smallest absolute Gasteiger partial charge is 0.146 e. The fraction of sp³-hybridized carbons (Fsp3) is 1.00. The lowest BCUT2D eigenvalue weighted by Gasteiger charge is -2.39. The molecular weight excluding hydrogens is 350 g/mol. The van der Waals surface area contributed by atoms with Crippen LogP contribution in [0, 0.1) is 0 Å². The van der Waals surface area contributed by atoms with E-state index in [0.717, 1.165) is 39.0 Å². The minimum atomic E-state index is -1.27. The van der Waals surface area contributed by atoms with Gasteiger partial charge >= 0.3 is 0 Å². The molecule has 4 nitrogen and oxygen atoms in total. The summed E-state index contributed by atoms with van der Waals surface area (Å²) >= 11 is 0. The fourth-order valence-electron chi connectivity index (χ4n) is 3.74. The second-order valence-corrected chi connectivity index (χ2v) is 9.80. The summed E-state index contributed by atoms with van der Waals surface area (Å²) in [5.41, 5.74) is -2.78. The van der Waals surface area contributed by atoms with Crippen LogP contribution in [-0.4, -0.2) is 85.8 Å². The Hall–Kier alpha value is -0.300. The molecule has 2 aliphatic heterocycles. The van der Waals surface area contributed by atoms with Crippen molar-refractivity contribution >= 4 is 0 Å². The molecule has 0 radical (unpaired) electrons. The zero-order valence-electron chi connectivity index (χ0n) is 18.0. The average Bonchev–Trinajstić information content (AvgIpc) is 2.59. The van der Waals surface area contributed by atoms with Crippen molar-refractivity contribution in [1.29, 1.82) is 0 Å². The molecule has 2 fully saturated rings. The molecule has 2 aliphatic rings. The van der Waals surface area contributed by atoms with Crippen LogP contribution in [0.5, 0.6) is 0 Å². The van der Waals surface area contributed by atoms with Crippen LogP contribution < -0.4 is 0 Å². The van der Waals surface area contributed by atoms with Gasteiger partial charge < -0.3 is 14.4 Å². The first-order valence-corrected chi connectivity index (χ1v) is 10.5. The lowest BCUT2D eigenvalue weighted by molar-refractivity contribution is -0.0892. The van der Waals surface area contributed by atoms with Crippen LogP contribution in [0.4, 0.5) is 8.78 Å². The number of ether oxygens (including phenoxy) is 2. The van der Waals surface area contributed by atoms with Crippen molar-refractivity contribution in [3.8, 4) is 0 Å². The van der Waals surface area contributed by atoms with Crippen molar-refractivity contribution in [2.24, 2.45) is 0 Å². The van der Waals surface area contributed by atoms with Gasteiger partial charge in [0.25, 0.3) is 0 Å². The predicted octanol–water partition coefficient (Wildman–Crippen LogP) is 3.83. The molecule has 2 rings (SSSR count). The number of piperidine rings is 2. The molecule has 0 saturated carbocycles. The van der Waals surface area contributed by atoms with Gasteiger partial charge in [-0.3, -0.25) is 4.90 Å². The summed E-state index contributed by atoms with van der Waals surface area (Å²) < 4.78 is 41.4.